The third kappa shape index (κ3) is 2.34. The lowest BCUT2D eigenvalue weighted by molar-refractivity contribution is -0.150. The number of hydrogen-bond donors (Lipinski definition) is 0. The molecule has 20 heavy (non-hydrogen) atoms. The van der Waals surface area contributed by atoms with Crippen molar-refractivity contribution < 1.29 is 14.4 Å². The predicted octanol–water partition coefficient (Wildman–Crippen LogP) is 1.42. The Morgan fingerprint density at radius 2 is 1.60 bits per heavy atom. The molecule has 3 amide bonds. The van der Waals surface area contributed by atoms with Gasteiger partial charge in [0, 0.05) is 13.1 Å². The van der Waals surface area contributed by atoms with Crippen LogP contribution in [0.15, 0.2) is 0 Å². The highest BCUT2D eigenvalue weighted by Gasteiger charge is 2.51. The van der Waals surface area contributed by atoms with Crippen molar-refractivity contribution in [1.82, 2.24) is 9.80 Å². The van der Waals surface area contributed by atoms with Crippen LogP contribution in [0.3, 0.4) is 0 Å². The number of carbonyl (C=O) groups excluding carboxylic acids is 3. The van der Waals surface area contributed by atoms with Crippen molar-refractivity contribution in [3.63, 3.8) is 0 Å². The molecule has 0 aromatic heterocycles. The Balaban J connectivity index is 2.17. The molecule has 2 rings (SSSR count). The Hall–Kier alpha value is -1.39. The summed E-state index contributed by atoms with van der Waals surface area (Å²) in [7, 11) is 0. The largest absolute Gasteiger partial charge is 0.341 e. The highest BCUT2D eigenvalue weighted by atomic mass is 16.2. The average Bonchev–Trinajstić information content (AvgIpc) is 2.72. The number of likely N-dealkylation sites (tertiary alicyclic amines) is 1. The van der Waals surface area contributed by atoms with Gasteiger partial charge in [0.2, 0.25) is 17.7 Å². The SMILES string of the molecule is CCN(CC)C(=O)C(C)N1C(=O)C2CCCCC2C1=O. The van der Waals surface area contributed by atoms with Crippen LogP contribution < -0.4 is 0 Å². The maximum absolute atomic E-state index is 12.4. The standard InChI is InChI=1S/C15H24N2O3/c1-4-16(5-2)13(18)10(3)17-14(19)11-8-6-7-9-12(11)15(17)20/h10-12H,4-9H2,1-3H3. The summed E-state index contributed by atoms with van der Waals surface area (Å²) in [6.07, 6.45) is 3.59. The van der Waals surface area contributed by atoms with E-state index in [1.54, 1.807) is 11.8 Å². The van der Waals surface area contributed by atoms with Crippen LogP contribution in [0.4, 0.5) is 0 Å². The van der Waals surface area contributed by atoms with Crippen LogP contribution in [0, 0.1) is 11.8 Å². The Kier molecular flexibility index (Phi) is 4.45. The first-order valence-electron chi connectivity index (χ1n) is 7.68. The Morgan fingerprint density at radius 1 is 1.15 bits per heavy atom. The molecule has 2 fully saturated rings. The van der Waals surface area contributed by atoms with Gasteiger partial charge in [0.05, 0.1) is 11.8 Å². The average molecular weight is 280 g/mol. The number of likely N-dealkylation sites (N-methyl/N-ethyl adjacent to an activating group) is 1. The first-order chi connectivity index (χ1) is 9.52. The maximum Gasteiger partial charge on any atom is 0.245 e. The van der Waals surface area contributed by atoms with Gasteiger partial charge in [-0.1, -0.05) is 12.8 Å². The normalized spacial score (nSPS) is 27.4. The van der Waals surface area contributed by atoms with Crippen molar-refractivity contribution in [2.24, 2.45) is 11.8 Å². The number of hydrogen-bond acceptors (Lipinski definition) is 3. The summed E-state index contributed by atoms with van der Waals surface area (Å²) in [5, 5.41) is 0. The second kappa shape index (κ2) is 5.94. The van der Waals surface area contributed by atoms with Gasteiger partial charge in [-0.05, 0) is 33.6 Å². The summed E-state index contributed by atoms with van der Waals surface area (Å²) >= 11 is 0. The Labute approximate surface area is 120 Å². The highest BCUT2D eigenvalue weighted by molar-refractivity contribution is 6.08. The molecular formula is C15H24N2O3. The van der Waals surface area contributed by atoms with Crippen LogP contribution in [-0.4, -0.2) is 46.7 Å². The summed E-state index contributed by atoms with van der Waals surface area (Å²) in [5.74, 6) is -0.748. The lowest BCUT2D eigenvalue weighted by Crippen LogP contribution is -2.49. The zero-order valence-corrected chi connectivity index (χ0v) is 12.6. The second-order valence-corrected chi connectivity index (χ2v) is 5.73. The molecule has 0 bridgehead atoms. The Morgan fingerprint density at radius 3 is 2.00 bits per heavy atom. The number of amides is 3. The van der Waals surface area contributed by atoms with Gasteiger partial charge >= 0.3 is 0 Å². The van der Waals surface area contributed by atoms with Crippen LogP contribution in [0.25, 0.3) is 0 Å². The van der Waals surface area contributed by atoms with Crippen LogP contribution in [0.1, 0.15) is 46.5 Å². The fourth-order valence-corrected chi connectivity index (χ4v) is 3.48. The van der Waals surface area contributed by atoms with Gasteiger partial charge < -0.3 is 4.90 Å². The zero-order chi connectivity index (χ0) is 14.9. The number of fused-ring (bicyclic) bond motifs is 1. The fourth-order valence-electron chi connectivity index (χ4n) is 3.48. The smallest absolute Gasteiger partial charge is 0.245 e. The lowest BCUT2D eigenvalue weighted by Gasteiger charge is -2.28. The fraction of sp³-hybridized carbons (Fsp3) is 0.800. The van der Waals surface area contributed by atoms with E-state index in [1.807, 2.05) is 13.8 Å². The minimum atomic E-state index is -0.666. The van der Waals surface area contributed by atoms with Crippen molar-refractivity contribution in [3.05, 3.63) is 0 Å². The molecule has 2 aliphatic rings. The molecule has 0 N–H and O–H groups in total. The summed E-state index contributed by atoms with van der Waals surface area (Å²) < 4.78 is 0. The van der Waals surface area contributed by atoms with E-state index >= 15 is 0 Å². The van der Waals surface area contributed by atoms with Gasteiger partial charge in [0.1, 0.15) is 6.04 Å². The summed E-state index contributed by atoms with van der Waals surface area (Å²) in [5.41, 5.74) is 0. The van der Waals surface area contributed by atoms with E-state index in [0.717, 1.165) is 25.7 Å². The van der Waals surface area contributed by atoms with E-state index in [2.05, 4.69) is 0 Å². The summed E-state index contributed by atoms with van der Waals surface area (Å²) in [6, 6.07) is -0.666. The zero-order valence-electron chi connectivity index (χ0n) is 12.6. The van der Waals surface area contributed by atoms with Gasteiger partial charge in [-0.3, -0.25) is 19.3 Å². The molecule has 0 radical (unpaired) electrons. The van der Waals surface area contributed by atoms with Gasteiger partial charge in [-0.15, -0.1) is 0 Å². The van der Waals surface area contributed by atoms with E-state index in [1.165, 1.54) is 4.90 Å². The van der Waals surface area contributed by atoms with Crippen molar-refractivity contribution >= 4 is 17.7 Å². The molecule has 1 saturated heterocycles. The molecule has 112 valence electrons. The molecule has 3 unspecified atom stereocenters. The van der Waals surface area contributed by atoms with E-state index in [4.69, 9.17) is 0 Å². The quantitative estimate of drug-likeness (QED) is 0.732. The molecule has 0 aromatic carbocycles. The first-order valence-corrected chi connectivity index (χ1v) is 7.68. The Bertz CT molecular complexity index is 393. The van der Waals surface area contributed by atoms with E-state index in [9.17, 15) is 14.4 Å². The van der Waals surface area contributed by atoms with E-state index in [-0.39, 0.29) is 29.6 Å². The highest BCUT2D eigenvalue weighted by Crippen LogP contribution is 2.38. The molecule has 1 saturated carbocycles. The van der Waals surface area contributed by atoms with Gasteiger partial charge in [0.25, 0.3) is 0 Å². The van der Waals surface area contributed by atoms with Crippen LogP contribution >= 0.6 is 0 Å². The minimum absolute atomic E-state index is 0.129. The second-order valence-electron chi connectivity index (χ2n) is 5.73. The molecule has 3 atom stereocenters. The molecule has 0 spiro atoms. The molecule has 1 heterocycles. The number of imide groups is 1. The number of rotatable bonds is 4. The van der Waals surface area contributed by atoms with Crippen LogP contribution in [0.5, 0.6) is 0 Å². The summed E-state index contributed by atoms with van der Waals surface area (Å²) in [4.78, 5) is 40.1. The molecule has 0 aromatic rings. The van der Waals surface area contributed by atoms with Gasteiger partial charge in [-0.25, -0.2) is 0 Å². The van der Waals surface area contributed by atoms with E-state index in [0.29, 0.717) is 13.1 Å². The summed E-state index contributed by atoms with van der Waals surface area (Å²) in [6.45, 7) is 6.68. The van der Waals surface area contributed by atoms with Crippen molar-refractivity contribution in [3.8, 4) is 0 Å². The topological polar surface area (TPSA) is 57.7 Å². The first kappa shape index (κ1) is 15.0. The third-order valence-corrected chi connectivity index (χ3v) is 4.70. The van der Waals surface area contributed by atoms with Crippen LogP contribution in [-0.2, 0) is 14.4 Å². The van der Waals surface area contributed by atoms with Gasteiger partial charge in [0.15, 0.2) is 0 Å². The molecule has 1 aliphatic heterocycles. The number of nitrogens with zero attached hydrogens (tertiary/aromatic N) is 2. The maximum atomic E-state index is 12.4. The van der Waals surface area contributed by atoms with Crippen molar-refractivity contribution in [1.29, 1.82) is 0 Å². The molecule has 1 aliphatic carbocycles. The predicted molar refractivity (Wildman–Crippen MR) is 74.7 cm³/mol. The molecule has 5 heteroatoms. The van der Waals surface area contributed by atoms with Crippen LogP contribution in [0.2, 0.25) is 0 Å². The molecule has 5 nitrogen and oxygen atoms in total. The minimum Gasteiger partial charge on any atom is -0.341 e. The van der Waals surface area contributed by atoms with Crippen molar-refractivity contribution in [2.75, 3.05) is 13.1 Å². The third-order valence-electron chi connectivity index (χ3n) is 4.70. The molecular weight excluding hydrogens is 256 g/mol. The lowest BCUT2D eigenvalue weighted by atomic mass is 9.81. The number of carbonyl (C=O) groups is 3. The van der Waals surface area contributed by atoms with Crippen molar-refractivity contribution in [2.45, 2.75) is 52.5 Å². The van der Waals surface area contributed by atoms with Gasteiger partial charge in [-0.2, -0.15) is 0 Å². The monoisotopic (exact) mass is 280 g/mol. The van der Waals surface area contributed by atoms with E-state index < -0.39 is 6.04 Å².